The highest BCUT2D eigenvalue weighted by Crippen LogP contribution is 2.41. The summed E-state index contributed by atoms with van der Waals surface area (Å²) in [6, 6.07) is 10.1. The Balaban J connectivity index is 1.67. The molecule has 1 aliphatic rings. The van der Waals surface area contributed by atoms with Crippen LogP contribution in [0.2, 0.25) is 0 Å². The number of urea groups is 1. The number of amides is 3. The molecule has 0 saturated carbocycles. The first kappa shape index (κ1) is 22.2. The number of imide groups is 1. The Morgan fingerprint density at radius 1 is 1.10 bits per heavy atom. The highest BCUT2D eigenvalue weighted by atomic mass is 32.2. The van der Waals surface area contributed by atoms with E-state index in [1.54, 1.807) is 29.0 Å². The van der Waals surface area contributed by atoms with Gasteiger partial charge in [0.25, 0.3) is 0 Å². The second-order valence-electron chi connectivity index (χ2n) is 7.42. The lowest BCUT2D eigenvalue weighted by Gasteiger charge is -2.19. The Morgan fingerprint density at radius 2 is 1.77 bits per heavy atom. The molecule has 166 valence electrons. The van der Waals surface area contributed by atoms with E-state index in [0.29, 0.717) is 17.1 Å². The Kier molecular flexibility index (Phi) is 5.98. The Labute approximate surface area is 180 Å². The number of rotatable bonds is 5. The van der Waals surface area contributed by atoms with Gasteiger partial charge < -0.3 is 14.2 Å². The number of benzene rings is 2. The number of hydrogen-bond donors (Lipinski definition) is 2. The smallest absolute Gasteiger partial charge is 0.423 e. The average molecular weight is 449 g/mol. The first-order chi connectivity index (χ1) is 14.5. The molecule has 0 saturated heterocycles. The van der Waals surface area contributed by atoms with Crippen molar-refractivity contribution in [3.05, 3.63) is 48.0 Å². The zero-order valence-corrected chi connectivity index (χ0v) is 18.3. The van der Waals surface area contributed by atoms with Gasteiger partial charge in [-0.1, -0.05) is 24.3 Å². The van der Waals surface area contributed by atoms with Crippen molar-refractivity contribution < 1.29 is 32.2 Å². The largest absolute Gasteiger partial charge is 0.495 e. The molecule has 1 aliphatic heterocycles. The number of hydrogen-bond acceptors (Lipinski definition) is 7. The zero-order chi connectivity index (χ0) is 22.8. The van der Waals surface area contributed by atoms with Crippen molar-refractivity contribution in [3.63, 3.8) is 0 Å². The summed E-state index contributed by atoms with van der Waals surface area (Å²) >= 11 is 0. The summed E-state index contributed by atoms with van der Waals surface area (Å²) < 4.78 is 44.7. The third-order valence-corrected chi connectivity index (χ3v) is 5.34. The maximum atomic E-state index is 12.4. The number of methoxy groups -OCH3 is 1. The lowest BCUT2D eigenvalue weighted by atomic mass is 10.0. The summed E-state index contributed by atoms with van der Waals surface area (Å²) in [6.07, 6.45) is -0.441. The molecule has 0 spiro atoms. The summed E-state index contributed by atoms with van der Waals surface area (Å²) in [6.45, 7) is 3.80. The SMILES string of the molecule is COc1ccccc1NS(=O)(=O)NC(=O)N(C)C(=O)Oc1cccc2c1OC(C)(C)C2. The van der Waals surface area contributed by atoms with Crippen molar-refractivity contribution in [1.82, 2.24) is 9.62 Å². The molecule has 3 amide bonds. The van der Waals surface area contributed by atoms with E-state index in [0.717, 1.165) is 12.6 Å². The van der Waals surface area contributed by atoms with Gasteiger partial charge in [0.2, 0.25) is 0 Å². The molecule has 2 N–H and O–H groups in total. The summed E-state index contributed by atoms with van der Waals surface area (Å²) in [5, 5.41) is 0. The summed E-state index contributed by atoms with van der Waals surface area (Å²) in [4.78, 5) is 25.2. The predicted octanol–water partition coefficient (Wildman–Crippen LogP) is 2.91. The molecule has 31 heavy (non-hydrogen) atoms. The topological polar surface area (TPSA) is 123 Å². The van der Waals surface area contributed by atoms with Crippen LogP contribution in [0.25, 0.3) is 0 Å². The third kappa shape index (κ3) is 5.18. The zero-order valence-electron chi connectivity index (χ0n) is 17.5. The standard InChI is InChI=1S/C20H23N3O7S/c1-20(2)12-13-8-7-11-16(17(13)30-20)29-19(25)23(3)18(24)22-31(26,27)21-14-9-5-6-10-15(14)28-4/h5-11,21H,12H2,1-4H3,(H,22,24). The van der Waals surface area contributed by atoms with Crippen LogP contribution in [0.3, 0.4) is 0 Å². The minimum Gasteiger partial charge on any atom is -0.495 e. The van der Waals surface area contributed by atoms with Gasteiger partial charge >= 0.3 is 22.3 Å². The van der Waals surface area contributed by atoms with Gasteiger partial charge in [-0.05, 0) is 32.0 Å². The van der Waals surface area contributed by atoms with Crippen molar-refractivity contribution in [1.29, 1.82) is 0 Å². The van der Waals surface area contributed by atoms with Crippen molar-refractivity contribution in [2.45, 2.75) is 25.9 Å². The van der Waals surface area contributed by atoms with Gasteiger partial charge in [-0.25, -0.2) is 19.2 Å². The first-order valence-electron chi connectivity index (χ1n) is 9.25. The van der Waals surface area contributed by atoms with Crippen molar-refractivity contribution in [3.8, 4) is 17.2 Å². The van der Waals surface area contributed by atoms with Gasteiger partial charge in [0.15, 0.2) is 11.5 Å². The van der Waals surface area contributed by atoms with Crippen LogP contribution in [0.4, 0.5) is 15.3 Å². The molecular weight excluding hydrogens is 426 g/mol. The van der Waals surface area contributed by atoms with Crippen molar-refractivity contribution >= 4 is 28.0 Å². The molecule has 2 aromatic carbocycles. The lowest BCUT2D eigenvalue weighted by molar-refractivity contribution is 0.129. The maximum absolute atomic E-state index is 12.4. The molecule has 0 aromatic heterocycles. The number of carbonyl (C=O) groups excluding carboxylic acids is 2. The second-order valence-corrected chi connectivity index (χ2v) is 8.84. The molecule has 2 aromatic rings. The van der Waals surface area contributed by atoms with E-state index < -0.39 is 27.9 Å². The van der Waals surface area contributed by atoms with Gasteiger partial charge in [-0.2, -0.15) is 8.42 Å². The van der Waals surface area contributed by atoms with Crippen molar-refractivity contribution in [2.75, 3.05) is 18.9 Å². The summed E-state index contributed by atoms with van der Waals surface area (Å²) in [5.74, 6) is 0.816. The molecule has 0 unspecified atom stereocenters. The fourth-order valence-electron chi connectivity index (χ4n) is 3.00. The van der Waals surface area contributed by atoms with E-state index >= 15 is 0 Å². The Morgan fingerprint density at radius 3 is 2.48 bits per heavy atom. The molecule has 0 bridgehead atoms. The number of anilines is 1. The van der Waals surface area contributed by atoms with Crippen molar-refractivity contribution in [2.24, 2.45) is 0 Å². The monoisotopic (exact) mass is 449 g/mol. The highest BCUT2D eigenvalue weighted by Gasteiger charge is 2.33. The predicted molar refractivity (Wildman–Crippen MR) is 113 cm³/mol. The van der Waals surface area contributed by atoms with Crippen LogP contribution >= 0.6 is 0 Å². The van der Waals surface area contributed by atoms with Crippen LogP contribution < -0.4 is 23.7 Å². The fraction of sp³-hybridized carbons (Fsp3) is 0.300. The minimum atomic E-state index is -4.35. The second kappa shape index (κ2) is 8.34. The number of nitrogens with zero attached hydrogens (tertiary/aromatic N) is 1. The third-order valence-electron chi connectivity index (χ3n) is 4.40. The molecule has 0 aliphatic carbocycles. The van der Waals surface area contributed by atoms with Gasteiger partial charge in [-0.3, -0.25) is 4.72 Å². The quantitative estimate of drug-likeness (QED) is 0.719. The van der Waals surface area contributed by atoms with Crippen LogP contribution in [-0.4, -0.2) is 45.2 Å². The van der Waals surface area contributed by atoms with Gasteiger partial charge in [-0.15, -0.1) is 0 Å². The number of carbonyl (C=O) groups is 2. The summed E-state index contributed by atoms with van der Waals surface area (Å²) in [7, 11) is -1.88. The first-order valence-corrected chi connectivity index (χ1v) is 10.7. The lowest BCUT2D eigenvalue weighted by Crippen LogP contribution is -2.46. The minimum absolute atomic E-state index is 0.121. The summed E-state index contributed by atoms with van der Waals surface area (Å²) in [5.41, 5.74) is 0.535. The number of ether oxygens (including phenoxy) is 3. The van der Waals surface area contributed by atoms with E-state index in [9.17, 15) is 18.0 Å². The van der Waals surface area contributed by atoms with E-state index in [1.807, 2.05) is 19.9 Å². The van der Waals surface area contributed by atoms with E-state index in [4.69, 9.17) is 14.2 Å². The molecule has 0 atom stereocenters. The van der Waals surface area contributed by atoms with E-state index in [-0.39, 0.29) is 17.2 Å². The molecule has 11 heteroatoms. The number of nitrogens with one attached hydrogen (secondary N) is 2. The highest BCUT2D eigenvalue weighted by molar-refractivity contribution is 7.91. The van der Waals surface area contributed by atoms with E-state index in [2.05, 4.69) is 4.72 Å². The van der Waals surface area contributed by atoms with Crippen LogP contribution in [0.1, 0.15) is 19.4 Å². The molecule has 1 heterocycles. The van der Waals surface area contributed by atoms with Crippen LogP contribution in [0.5, 0.6) is 17.2 Å². The Bertz CT molecular complexity index is 1120. The molecular formula is C20H23N3O7S. The molecule has 10 nitrogen and oxygen atoms in total. The van der Waals surface area contributed by atoms with Crippen LogP contribution in [-0.2, 0) is 16.6 Å². The van der Waals surface area contributed by atoms with Gasteiger partial charge in [0.05, 0.1) is 12.8 Å². The van der Waals surface area contributed by atoms with E-state index in [1.165, 1.54) is 19.2 Å². The number of fused-ring (bicyclic) bond motifs is 1. The molecule has 0 radical (unpaired) electrons. The Hall–Kier alpha value is -3.47. The normalized spacial score (nSPS) is 14.1. The maximum Gasteiger partial charge on any atom is 0.423 e. The van der Waals surface area contributed by atoms with Crippen LogP contribution in [0.15, 0.2) is 42.5 Å². The van der Waals surface area contributed by atoms with Gasteiger partial charge in [0, 0.05) is 19.0 Å². The average Bonchev–Trinajstić information content (AvgIpc) is 3.02. The fourth-order valence-corrected chi connectivity index (χ4v) is 3.87. The molecule has 0 fully saturated rings. The molecule has 3 rings (SSSR count). The van der Waals surface area contributed by atoms with Gasteiger partial charge in [0.1, 0.15) is 11.4 Å². The van der Waals surface area contributed by atoms with Crippen LogP contribution in [0, 0.1) is 0 Å². The number of para-hydroxylation sites is 3.